The number of fused-ring (bicyclic) bond motifs is 1. The molecular formula is C16H15N5OS2. The van der Waals surface area contributed by atoms with Gasteiger partial charge in [0.25, 0.3) is 5.56 Å². The van der Waals surface area contributed by atoms with Crippen LogP contribution < -0.4 is 5.56 Å². The molecule has 3 aromatic rings. The maximum Gasteiger partial charge on any atom is 0.275 e. The summed E-state index contributed by atoms with van der Waals surface area (Å²) >= 11 is 3.14. The predicted molar refractivity (Wildman–Crippen MR) is 96.6 cm³/mol. The molecule has 0 aliphatic carbocycles. The van der Waals surface area contributed by atoms with E-state index in [0.29, 0.717) is 12.2 Å². The zero-order valence-corrected chi connectivity index (χ0v) is 14.9. The molecule has 0 saturated heterocycles. The van der Waals surface area contributed by atoms with Crippen molar-refractivity contribution in [3.05, 3.63) is 56.4 Å². The highest BCUT2D eigenvalue weighted by Gasteiger charge is 2.20. The van der Waals surface area contributed by atoms with Gasteiger partial charge in [0.05, 0.1) is 11.4 Å². The van der Waals surface area contributed by atoms with Crippen LogP contribution in [0.15, 0.2) is 38.4 Å². The summed E-state index contributed by atoms with van der Waals surface area (Å²) in [5.41, 5.74) is 3.67. The van der Waals surface area contributed by atoms with Crippen molar-refractivity contribution < 1.29 is 0 Å². The Bertz CT molecular complexity index is 998. The molecule has 3 heterocycles. The molecular weight excluding hydrogens is 342 g/mol. The van der Waals surface area contributed by atoms with Crippen LogP contribution in [-0.4, -0.2) is 25.8 Å². The van der Waals surface area contributed by atoms with Crippen LogP contribution in [0.4, 0.5) is 5.69 Å². The van der Waals surface area contributed by atoms with Gasteiger partial charge in [-0.3, -0.25) is 9.89 Å². The number of thioether (sulfide) groups is 1. The standard InChI is InChI=1S/C16H15N5OS2/c1-9-13(8-23-16-19-18-10(2)24-16)20-21(15(9)22)14-7-11-5-3-4-6-12(11)17-14/h3-6,20H,7-8H2,1-2H3. The molecule has 0 radical (unpaired) electrons. The number of nitrogens with zero attached hydrogens (tertiary/aromatic N) is 4. The van der Waals surface area contributed by atoms with Crippen LogP contribution in [0.3, 0.4) is 0 Å². The molecule has 0 amide bonds. The van der Waals surface area contributed by atoms with Gasteiger partial charge in [0, 0.05) is 17.7 Å². The number of aliphatic imine (C=N–C) groups is 1. The first kappa shape index (κ1) is 15.3. The zero-order chi connectivity index (χ0) is 16.7. The van der Waals surface area contributed by atoms with Gasteiger partial charge < -0.3 is 0 Å². The van der Waals surface area contributed by atoms with Gasteiger partial charge in [-0.25, -0.2) is 9.67 Å². The van der Waals surface area contributed by atoms with Crippen molar-refractivity contribution in [1.82, 2.24) is 20.0 Å². The predicted octanol–water partition coefficient (Wildman–Crippen LogP) is 3.07. The van der Waals surface area contributed by atoms with Crippen LogP contribution in [0.2, 0.25) is 0 Å². The molecule has 0 bridgehead atoms. The Balaban J connectivity index is 1.59. The number of aromatic nitrogens is 4. The topological polar surface area (TPSA) is 75.9 Å². The molecule has 1 aromatic carbocycles. The number of para-hydroxylation sites is 1. The molecule has 0 saturated carbocycles. The Kier molecular flexibility index (Phi) is 3.85. The fourth-order valence-electron chi connectivity index (χ4n) is 2.61. The fourth-order valence-corrected chi connectivity index (χ4v) is 4.44. The van der Waals surface area contributed by atoms with E-state index in [1.54, 1.807) is 27.8 Å². The highest BCUT2D eigenvalue weighted by atomic mass is 32.2. The molecule has 0 atom stereocenters. The van der Waals surface area contributed by atoms with E-state index >= 15 is 0 Å². The van der Waals surface area contributed by atoms with Gasteiger partial charge in [-0.15, -0.1) is 10.2 Å². The third kappa shape index (κ3) is 2.71. The lowest BCUT2D eigenvalue weighted by Gasteiger charge is -2.00. The Labute approximate surface area is 146 Å². The second-order valence-corrected chi connectivity index (χ2v) is 7.97. The monoisotopic (exact) mass is 357 g/mol. The fraction of sp³-hybridized carbons (Fsp3) is 0.250. The summed E-state index contributed by atoms with van der Waals surface area (Å²) in [5, 5.41) is 12.3. The Morgan fingerprint density at radius 3 is 2.88 bits per heavy atom. The molecule has 1 aliphatic rings. The molecule has 6 nitrogen and oxygen atoms in total. The van der Waals surface area contributed by atoms with Crippen LogP contribution in [-0.2, 0) is 12.2 Å². The van der Waals surface area contributed by atoms with E-state index in [2.05, 4.69) is 20.3 Å². The van der Waals surface area contributed by atoms with E-state index in [9.17, 15) is 4.79 Å². The lowest BCUT2D eigenvalue weighted by atomic mass is 10.1. The van der Waals surface area contributed by atoms with Crippen molar-refractivity contribution in [2.45, 2.75) is 30.4 Å². The summed E-state index contributed by atoms with van der Waals surface area (Å²) in [7, 11) is 0. The van der Waals surface area contributed by atoms with E-state index in [1.807, 2.05) is 38.1 Å². The molecule has 1 N–H and O–H groups in total. The third-order valence-electron chi connectivity index (χ3n) is 3.92. The van der Waals surface area contributed by atoms with Crippen molar-refractivity contribution >= 4 is 34.6 Å². The summed E-state index contributed by atoms with van der Waals surface area (Å²) in [6, 6.07) is 7.96. The van der Waals surface area contributed by atoms with E-state index < -0.39 is 0 Å². The van der Waals surface area contributed by atoms with Crippen LogP contribution >= 0.6 is 23.1 Å². The maximum atomic E-state index is 12.6. The van der Waals surface area contributed by atoms with E-state index in [1.165, 1.54) is 0 Å². The second-order valence-electron chi connectivity index (χ2n) is 5.57. The number of aromatic amines is 1. The summed E-state index contributed by atoms with van der Waals surface area (Å²) < 4.78 is 2.47. The number of aryl methyl sites for hydroxylation is 1. The molecule has 0 unspecified atom stereocenters. The largest absolute Gasteiger partial charge is 0.293 e. The number of hydrogen-bond donors (Lipinski definition) is 1. The Hall–Kier alpha value is -2.19. The minimum Gasteiger partial charge on any atom is -0.293 e. The number of nitrogens with one attached hydrogen (secondary N) is 1. The SMILES string of the molecule is Cc1nnc(SCc2[nH]n(C3=Nc4ccccc4C3)c(=O)c2C)s1. The third-order valence-corrected chi connectivity index (χ3v) is 5.92. The van der Waals surface area contributed by atoms with Gasteiger partial charge in [-0.05, 0) is 25.5 Å². The maximum absolute atomic E-state index is 12.6. The first-order chi connectivity index (χ1) is 11.6. The van der Waals surface area contributed by atoms with Crippen molar-refractivity contribution in [2.75, 3.05) is 0 Å². The van der Waals surface area contributed by atoms with E-state index in [-0.39, 0.29) is 5.56 Å². The van der Waals surface area contributed by atoms with Gasteiger partial charge in [-0.2, -0.15) is 0 Å². The average Bonchev–Trinajstić information content (AvgIpc) is 3.25. The van der Waals surface area contributed by atoms with Gasteiger partial charge in [-0.1, -0.05) is 41.3 Å². The summed E-state index contributed by atoms with van der Waals surface area (Å²) in [5.74, 6) is 1.40. The van der Waals surface area contributed by atoms with Crippen molar-refractivity contribution in [3.63, 3.8) is 0 Å². The molecule has 1 aliphatic heterocycles. The molecule has 4 rings (SSSR count). The van der Waals surface area contributed by atoms with Gasteiger partial charge in [0.2, 0.25) is 0 Å². The van der Waals surface area contributed by atoms with Gasteiger partial charge in [0.1, 0.15) is 10.8 Å². The second kappa shape index (κ2) is 6.03. The Morgan fingerprint density at radius 1 is 1.29 bits per heavy atom. The van der Waals surface area contributed by atoms with Crippen LogP contribution in [0.25, 0.3) is 0 Å². The Morgan fingerprint density at radius 2 is 2.12 bits per heavy atom. The number of hydrogen-bond acceptors (Lipinski definition) is 6. The lowest BCUT2D eigenvalue weighted by Crippen LogP contribution is -2.26. The molecule has 8 heteroatoms. The highest BCUT2D eigenvalue weighted by Crippen LogP contribution is 2.27. The summed E-state index contributed by atoms with van der Waals surface area (Å²) in [6.45, 7) is 3.78. The first-order valence-corrected chi connectivity index (χ1v) is 9.31. The smallest absolute Gasteiger partial charge is 0.275 e. The first-order valence-electron chi connectivity index (χ1n) is 7.51. The highest BCUT2D eigenvalue weighted by molar-refractivity contribution is 8.00. The van der Waals surface area contributed by atoms with Gasteiger partial charge in [0.15, 0.2) is 4.34 Å². The zero-order valence-electron chi connectivity index (χ0n) is 13.2. The molecule has 2 aromatic heterocycles. The van der Waals surface area contributed by atoms with Crippen LogP contribution in [0, 0.1) is 13.8 Å². The molecule has 24 heavy (non-hydrogen) atoms. The normalized spacial score (nSPS) is 13.2. The molecule has 0 fully saturated rings. The van der Waals surface area contributed by atoms with E-state index in [4.69, 9.17) is 0 Å². The van der Waals surface area contributed by atoms with Crippen molar-refractivity contribution in [2.24, 2.45) is 4.99 Å². The summed E-state index contributed by atoms with van der Waals surface area (Å²) in [6.07, 6.45) is 0.665. The minimum atomic E-state index is -0.0365. The average molecular weight is 357 g/mol. The van der Waals surface area contributed by atoms with E-state index in [0.717, 1.165) is 37.7 Å². The minimum absolute atomic E-state index is 0.0365. The number of H-pyrrole nitrogens is 1. The van der Waals surface area contributed by atoms with Gasteiger partial charge >= 0.3 is 0 Å². The van der Waals surface area contributed by atoms with Crippen molar-refractivity contribution in [1.29, 1.82) is 0 Å². The number of benzene rings is 1. The summed E-state index contributed by atoms with van der Waals surface area (Å²) in [4.78, 5) is 17.1. The van der Waals surface area contributed by atoms with Crippen LogP contribution in [0.1, 0.15) is 21.8 Å². The lowest BCUT2D eigenvalue weighted by molar-refractivity contribution is 0.868. The molecule has 0 spiro atoms. The number of rotatable bonds is 3. The quantitative estimate of drug-likeness (QED) is 0.731. The molecule has 122 valence electrons. The van der Waals surface area contributed by atoms with Crippen molar-refractivity contribution in [3.8, 4) is 0 Å². The van der Waals surface area contributed by atoms with Crippen LogP contribution in [0.5, 0.6) is 0 Å².